The van der Waals surface area contributed by atoms with Crippen molar-refractivity contribution in [1.29, 1.82) is 0 Å². The van der Waals surface area contributed by atoms with Gasteiger partial charge in [0, 0.05) is 33.1 Å². The summed E-state index contributed by atoms with van der Waals surface area (Å²) in [6.45, 7) is 8.77. The molecule has 1 aromatic rings. The Kier molecular flexibility index (Phi) is 6.20. The van der Waals surface area contributed by atoms with Crippen molar-refractivity contribution in [3.63, 3.8) is 0 Å². The summed E-state index contributed by atoms with van der Waals surface area (Å²) in [4.78, 5) is 33.3. The number of likely N-dealkylation sites (tertiary alicyclic amines) is 1. The maximum absolute atomic E-state index is 12.3. The summed E-state index contributed by atoms with van der Waals surface area (Å²) < 4.78 is 11.0. The summed E-state index contributed by atoms with van der Waals surface area (Å²) in [6, 6.07) is 0. The van der Waals surface area contributed by atoms with E-state index in [1.54, 1.807) is 13.8 Å². The number of hydrogen-bond acceptors (Lipinski definition) is 6. The number of aromatic nitrogens is 1. The molecule has 1 aliphatic carbocycles. The lowest BCUT2D eigenvalue weighted by Crippen LogP contribution is -2.52. The molecule has 0 spiro atoms. The van der Waals surface area contributed by atoms with Gasteiger partial charge in [-0.1, -0.05) is 0 Å². The van der Waals surface area contributed by atoms with Crippen molar-refractivity contribution >= 4 is 11.8 Å². The Morgan fingerprint density at radius 1 is 1.14 bits per heavy atom. The van der Waals surface area contributed by atoms with Gasteiger partial charge >= 0.3 is 0 Å². The van der Waals surface area contributed by atoms with Gasteiger partial charge in [0.15, 0.2) is 5.89 Å². The highest BCUT2D eigenvalue weighted by atomic mass is 16.5. The van der Waals surface area contributed by atoms with E-state index in [2.05, 4.69) is 15.2 Å². The van der Waals surface area contributed by atoms with Crippen LogP contribution >= 0.6 is 0 Å². The first kappa shape index (κ1) is 20.3. The Labute approximate surface area is 172 Å². The van der Waals surface area contributed by atoms with Gasteiger partial charge < -0.3 is 24.3 Å². The summed E-state index contributed by atoms with van der Waals surface area (Å²) in [5.41, 5.74) is 0.578. The van der Waals surface area contributed by atoms with E-state index >= 15 is 0 Å². The van der Waals surface area contributed by atoms with E-state index in [-0.39, 0.29) is 30.3 Å². The molecule has 160 valence electrons. The van der Waals surface area contributed by atoms with E-state index in [0.717, 1.165) is 38.4 Å². The molecule has 0 radical (unpaired) electrons. The Morgan fingerprint density at radius 3 is 2.52 bits per heavy atom. The highest BCUT2D eigenvalue weighted by Gasteiger charge is 2.31. The van der Waals surface area contributed by atoms with Crippen molar-refractivity contribution in [3.05, 3.63) is 17.3 Å². The van der Waals surface area contributed by atoms with E-state index in [1.807, 2.05) is 4.90 Å². The first-order valence-electron chi connectivity index (χ1n) is 10.8. The van der Waals surface area contributed by atoms with Gasteiger partial charge in [-0.25, -0.2) is 4.98 Å². The lowest BCUT2D eigenvalue weighted by molar-refractivity contribution is -0.149. The molecule has 0 aromatic carbocycles. The van der Waals surface area contributed by atoms with Gasteiger partial charge in [-0.05, 0) is 57.5 Å². The summed E-state index contributed by atoms with van der Waals surface area (Å²) >= 11 is 0. The standard InChI is InChI=1S/C21H32N4O4/c1-14-20(29-15(2)23-14)21(27)22-9-18-12-25(19(26)13-28-18)11-17-5-7-24(8-6-17)10-16-3-4-16/h16-18H,3-13H2,1-2H3,(H,22,27)/t18-/m0/s1. The lowest BCUT2D eigenvalue weighted by atomic mass is 9.95. The van der Waals surface area contributed by atoms with Crippen LogP contribution in [0.25, 0.3) is 0 Å². The number of piperidine rings is 1. The van der Waals surface area contributed by atoms with Crippen LogP contribution in [0.3, 0.4) is 0 Å². The zero-order valence-corrected chi connectivity index (χ0v) is 17.5. The van der Waals surface area contributed by atoms with Crippen molar-refractivity contribution < 1.29 is 18.7 Å². The topological polar surface area (TPSA) is 87.9 Å². The van der Waals surface area contributed by atoms with Crippen LogP contribution in [0.2, 0.25) is 0 Å². The van der Waals surface area contributed by atoms with Crippen LogP contribution in [-0.4, -0.2) is 78.6 Å². The zero-order valence-electron chi connectivity index (χ0n) is 17.5. The van der Waals surface area contributed by atoms with E-state index in [1.165, 1.54) is 19.4 Å². The predicted octanol–water partition coefficient (Wildman–Crippen LogP) is 1.37. The number of morpholine rings is 1. The second-order valence-electron chi connectivity index (χ2n) is 8.78. The molecule has 8 nitrogen and oxygen atoms in total. The fourth-order valence-electron chi connectivity index (χ4n) is 4.34. The largest absolute Gasteiger partial charge is 0.436 e. The molecule has 4 rings (SSSR count). The number of hydrogen-bond donors (Lipinski definition) is 1. The second-order valence-corrected chi connectivity index (χ2v) is 8.78. The Bertz CT molecular complexity index is 737. The quantitative estimate of drug-likeness (QED) is 0.739. The number of amides is 2. The maximum Gasteiger partial charge on any atom is 0.289 e. The Morgan fingerprint density at radius 2 is 1.86 bits per heavy atom. The summed E-state index contributed by atoms with van der Waals surface area (Å²) in [5, 5.41) is 2.85. The molecule has 1 saturated carbocycles. The maximum atomic E-state index is 12.3. The third kappa shape index (κ3) is 5.36. The molecule has 1 atom stereocenters. The van der Waals surface area contributed by atoms with Crippen molar-refractivity contribution in [1.82, 2.24) is 20.1 Å². The number of aryl methyl sites for hydroxylation is 2. The number of ether oxygens (including phenoxy) is 1. The number of rotatable bonds is 7. The minimum Gasteiger partial charge on any atom is -0.436 e. The van der Waals surface area contributed by atoms with Crippen LogP contribution in [0.15, 0.2) is 4.42 Å². The molecule has 2 saturated heterocycles. The Balaban J connectivity index is 1.22. The van der Waals surface area contributed by atoms with E-state index in [0.29, 0.717) is 30.6 Å². The second kappa shape index (κ2) is 8.83. The molecule has 3 aliphatic rings. The molecule has 3 heterocycles. The van der Waals surface area contributed by atoms with Gasteiger partial charge in [0.2, 0.25) is 11.7 Å². The number of nitrogens with zero attached hydrogens (tertiary/aromatic N) is 3. The molecule has 0 unspecified atom stereocenters. The van der Waals surface area contributed by atoms with Crippen molar-refractivity contribution in [2.24, 2.45) is 11.8 Å². The average Bonchev–Trinajstić information content (AvgIpc) is 3.45. The first-order chi connectivity index (χ1) is 14.0. The van der Waals surface area contributed by atoms with Gasteiger partial charge in [-0.3, -0.25) is 9.59 Å². The fourth-order valence-corrected chi connectivity index (χ4v) is 4.34. The van der Waals surface area contributed by atoms with Crippen LogP contribution in [0.4, 0.5) is 0 Å². The lowest BCUT2D eigenvalue weighted by Gasteiger charge is -2.38. The summed E-state index contributed by atoms with van der Waals surface area (Å²) in [6.07, 6.45) is 4.91. The fraction of sp³-hybridized carbons (Fsp3) is 0.762. The predicted molar refractivity (Wildman–Crippen MR) is 107 cm³/mol. The highest BCUT2D eigenvalue weighted by Crippen LogP contribution is 2.31. The minimum atomic E-state index is -0.293. The molecule has 2 amide bonds. The average molecular weight is 405 g/mol. The zero-order chi connectivity index (χ0) is 20.4. The molecular weight excluding hydrogens is 372 g/mol. The number of carbonyl (C=O) groups is 2. The van der Waals surface area contributed by atoms with Crippen LogP contribution in [0.5, 0.6) is 0 Å². The van der Waals surface area contributed by atoms with Crippen LogP contribution < -0.4 is 5.32 Å². The Hall–Kier alpha value is -1.93. The van der Waals surface area contributed by atoms with Gasteiger partial charge in [0.1, 0.15) is 6.61 Å². The molecule has 0 bridgehead atoms. The summed E-state index contributed by atoms with van der Waals surface area (Å²) in [7, 11) is 0. The van der Waals surface area contributed by atoms with Gasteiger partial charge in [-0.15, -0.1) is 0 Å². The molecule has 8 heteroatoms. The number of nitrogens with one attached hydrogen (secondary N) is 1. The molecule has 29 heavy (non-hydrogen) atoms. The van der Waals surface area contributed by atoms with Gasteiger partial charge in [0.25, 0.3) is 5.91 Å². The molecule has 2 aliphatic heterocycles. The van der Waals surface area contributed by atoms with Gasteiger partial charge in [-0.2, -0.15) is 0 Å². The number of carbonyl (C=O) groups excluding carboxylic acids is 2. The normalized spacial score (nSPS) is 24.1. The SMILES string of the molecule is Cc1nc(C)c(C(=O)NC[C@H]2CN(CC3CCN(CC4CC4)CC3)C(=O)CO2)o1. The van der Waals surface area contributed by atoms with E-state index in [9.17, 15) is 9.59 Å². The minimum absolute atomic E-state index is 0.0506. The van der Waals surface area contributed by atoms with Crippen molar-refractivity contribution in [3.8, 4) is 0 Å². The van der Waals surface area contributed by atoms with Crippen LogP contribution in [0.1, 0.15) is 47.8 Å². The third-order valence-electron chi connectivity index (χ3n) is 6.22. The van der Waals surface area contributed by atoms with Crippen LogP contribution in [0, 0.1) is 25.7 Å². The number of oxazole rings is 1. The highest BCUT2D eigenvalue weighted by molar-refractivity contribution is 5.92. The molecular formula is C21H32N4O4. The summed E-state index contributed by atoms with van der Waals surface area (Å²) in [5.74, 6) is 1.97. The molecule has 1 N–H and O–H groups in total. The van der Waals surface area contributed by atoms with E-state index < -0.39 is 0 Å². The van der Waals surface area contributed by atoms with Gasteiger partial charge in [0.05, 0.1) is 11.8 Å². The monoisotopic (exact) mass is 404 g/mol. The molecule has 1 aromatic heterocycles. The first-order valence-corrected chi connectivity index (χ1v) is 10.8. The van der Waals surface area contributed by atoms with E-state index in [4.69, 9.17) is 9.15 Å². The van der Waals surface area contributed by atoms with Crippen molar-refractivity contribution in [2.75, 3.05) is 45.9 Å². The third-order valence-corrected chi connectivity index (χ3v) is 6.22. The van der Waals surface area contributed by atoms with Crippen LogP contribution in [-0.2, 0) is 9.53 Å². The van der Waals surface area contributed by atoms with Crippen molar-refractivity contribution in [2.45, 2.75) is 45.6 Å². The smallest absolute Gasteiger partial charge is 0.289 e. The molecule has 3 fully saturated rings.